The van der Waals surface area contributed by atoms with Gasteiger partial charge in [0.25, 0.3) is 0 Å². The summed E-state index contributed by atoms with van der Waals surface area (Å²) >= 11 is 0. The maximum absolute atomic E-state index is 10.1. The molecule has 0 saturated heterocycles. The molecule has 2 radical (unpaired) electrons. The molecule has 1 aliphatic carbocycles. The zero-order valence-corrected chi connectivity index (χ0v) is 21.9. The minimum atomic E-state index is -0.244. The first-order valence-corrected chi connectivity index (χ1v) is 6.90. The fourth-order valence-electron chi connectivity index (χ4n) is 3.37. The monoisotopic (exact) mass is 680 g/mol. The fraction of sp³-hybridized carbons (Fsp3) is 1.00. The maximum Gasteiger partial charge on any atom is 0.0582 e. The molecule has 1 fully saturated rings. The molecule has 0 aromatic rings. The molecule has 0 aliphatic heterocycles. The topological polar surface area (TPSA) is 44.0 Å². The van der Waals surface area contributed by atoms with Crippen molar-refractivity contribution >= 4 is 0 Å². The third-order valence-corrected chi connectivity index (χ3v) is 4.58. The van der Waals surface area contributed by atoms with Gasteiger partial charge in [-0.05, 0) is 30.1 Å². The first-order valence-electron chi connectivity index (χ1n) is 6.90. The summed E-state index contributed by atoms with van der Waals surface area (Å²) in [4.78, 5) is 0. The zero-order valence-electron chi connectivity index (χ0n) is 12.4. The third-order valence-electron chi connectivity index (χ3n) is 4.58. The summed E-state index contributed by atoms with van der Waals surface area (Å²) in [6.07, 6.45) is 4.14. The Bertz CT molecular complexity index is 212. The van der Waals surface area contributed by atoms with Crippen LogP contribution in [-0.2, 0) is 0 Å². The Morgan fingerprint density at radius 1 is 1.11 bits per heavy atom. The van der Waals surface area contributed by atoms with Gasteiger partial charge in [0, 0.05) is 88.1 Å². The van der Waals surface area contributed by atoms with Crippen molar-refractivity contribution in [3.8, 4) is 0 Å². The normalized spacial score (nSPS) is 32.8. The second kappa shape index (κ2) is 11.4. The van der Waals surface area contributed by atoms with Crippen LogP contribution in [0.1, 0.15) is 53.4 Å². The van der Waals surface area contributed by atoms with E-state index in [0.29, 0.717) is 17.8 Å². The Morgan fingerprint density at radius 3 is 1.94 bits per heavy atom. The quantitative estimate of drug-likeness (QED) is 0.471. The minimum Gasteiger partial charge on any atom is -0.674 e. The Kier molecular flexibility index (Phi) is 14.6. The number of nitrogens with one attached hydrogen (secondary N) is 1. The van der Waals surface area contributed by atoms with Gasteiger partial charge in [0.2, 0.25) is 0 Å². The summed E-state index contributed by atoms with van der Waals surface area (Å²) in [5.74, 6) is 1.77. The number of rotatable bonds is 5. The smallest absolute Gasteiger partial charge is 0.0582 e. The summed E-state index contributed by atoms with van der Waals surface area (Å²) < 4.78 is 0. The number of hydrogen-bond donors (Lipinski definition) is 1. The predicted octanol–water partition coefficient (Wildman–Crippen LogP) is 3.89. The summed E-state index contributed by atoms with van der Waals surface area (Å²) in [6, 6.07) is -0.0696. The predicted molar refractivity (Wildman–Crippen MR) is 69.2 cm³/mol. The maximum atomic E-state index is 10.1. The molecule has 1 aliphatic rings. The molecular formula is C14H28Ac2NO-. The van der Waals surface area contributed by atoms with Crippen LogP contribution in [0, 0.1) is 112 Å². The number of aliphatic hydroxyl groups is 1. The van der Waals surface area contributed by atoms with E-state index in [0.717, 1.165) is 12.8 Å². The van der Waals surface area contributed by atoms with Crippen molar-refractivity contribution in [2.45, 2.75) is 65.5 Å². The molecule has 18 heavy (non-hydrogen) atoms. The van der Waals surface area contributed by atoms with Crippen molar-refractivity contribution in [2.24, 2.45) is 23.7 Å². The van der Waals surface area contributed by atoms with Gasteiger partial charge in [0.05, 0.1) is 6.10 Å². The van der Waals surface area contributed by atoms with Gasteiger partial charge in [-0.25, -0.2) is 0 Å². The Hall–Kier alpha value is 2.80. The standard InChI is InChI=1S/C14H28NO.2Ac/c1-5-11(6-2)8-12(15)13-9(3)7-10(4)14(13)16;;/h9-16H,5-8H2,1-4H3;;/q-1;;. The van der Waals surface area contributed by atoms with E-state index in [-0.39, 0.29) is 106 Å². The fourth-order valence-corrected chi connectivity index (χ4v) is 3.37. The zero-order chi connectivity index (χ0) is 12.3. The van der Waals surface area contributed by atoms with Crippen LogP contribution in [0.25, 0.3) is 5.73 Å². The summed E-state index contributed by atoms with van der Waals surface area (Å²) in [5.41, 5.74) is 8.30. The average molecular weight is 680 g/mol. The van der Waals surface area contributed by atoms with Gasteiger partial charge in [-0.3, -0.25) is 0 Å². The molecule has 4 heteroatoms. The molecule has 102 valence electrons. The first-order chi connectivity index (χ1) is 7.51. The third kappa shape index (κ3) is 6.28. The molecule has 0 aromatic heterocycles. The van der Waals surface area contributed by atoms with Crippen LogP contribution in [0.4, 0.5) is 0 Å². The van der Waals surface area contributed by atoms with E-state index in [9.17, 15) is 5.11 Å². The van der Waals surface area contributed by atoms with Gasteiger partial charge in [-0.2, -0.15) is 0 Å². The summed E-state index contributed by atoms with van der Waals surface area (Å²) in [5, 5.41) is 10.1. The molecule has 2 nitrogen and oxygen atoms in total. The summed E-state index contributed by atoms with van der Waals surface area (Å²) in [7, 11) is 0. The van der Waals surface area contributed by atoms with Crippen molar-refractivity contribution in [2.75, 3.05) is 0 Å². The van der Waals surface area contributed by atoms with E-state index >= 15 is 0 Å². The van der Waals surface area contributed by atoms with Crippen molar-refractivity contribution < 1.29 is 93.2 Å². The minimum absolute atomic E-state index is 0. The Balaban J connectivity index is 0. The Labute approximate surface area is 185 Å². The van der Waals surface area contributed by atoms with Crippen LogP contribution >= 0.6 is 0 Å². The van der Waals surface area contributed by atoms with E-state index in [2.05, 4.69) is 27.7 Å². The second-order valence-electron chi connectivity index (χ2n) is 5.78. The van der Waals surface area contributed by atoms with Gasteiger partial charge in [-0.1, -0.05) is 47.0 Å². The molecule has 0 heterocycles. The van der Waals surface area contributed by atoms with E-state index in [1.807, 2.05) is 0 Å². The first kappa shape index (κ1) is 23.1. The van der Waals surface area contributed by atoms with Gasteiger partial charge in [0.1, 0.15) is 0 Å². The summed E-state index contributed by atoms with van der Waals surface area (Å²) in [6.45, 7) is 8.73. The molecule has 0 bridgehead atoms. The van der Waals surface area contributed by atoms with Crippen molar-refractivity contribution in [3.05, 3.63) is 5.73 Å². The molecule has 1 saturated carbocycles. The van der Waals surface area contributed by atoms with Crippen LogP contribution < -0.4 is 0 Å². The van der Waals surface area contributed by atoms with E-state index < -0.39 is 0 Å². The average Bonchev–Trinajstić information content (AvgIpc) is 2.49. The molecule has 2 N–H and O–H groups in total. The van der Waals surface area contributed by atoms with Gasteiger partial charge >= 0.3 is 0 Å². The molecule has 0 spiro atoms. The van der Waals surface area contributed by atoms with Crippen molar-refractivity contribution in [1.29, 1.82) is 0 Å². The SMILES string of the molecule is CCC(CC)CC([NH-])C1C(C)CC(C)C1O.[Ac].[Ac]. The largest absolute Gasteiger partial charge is 0.674 e. The molecule has 5 atom stereocenters. The van der Waals surface area contributed by atoms with Crippen LogP contribution in [0.3, 0.4) is 0 Å². The molecule has 5 unspecified atom stereocenters. The van der Waals surface area contributed by atoms with Crippen LogP contribution in [0.15, 0.2) is 0 Å². The van der Waals surface area contributed by atoms with Crippen LogP contribution in [-0.4, -0.2) is 17.3 Å². The van der Waals surface area contributed by atoms with Crippen molar-refractivity contribution in [1.82, 2.24) is 0 Å². The molecule has 1 rings (SSSR count). The van der Waals surface area contributed by atoms with E-state index in [1.54, 1.807) is 0 Å². The molecule has 0 amide bonds. The van der Waals surface area contributed by atoms with Crippen LogP contribution in [0.2, 0.25) is 0 Å². The van der Waals surface area contributed by atoms with E-state index in [4.69, 9.17) is 5.73 Å². The molecule has 0 aromatic carbocycles. The van der Waals surface area contributed by atoms with Gasteiger partial charge in [0.15, 0.2) is 0 Å². The number of aliphatic hydroxyl groups excluding tert-OH is 1. The number of hydrogen-bond acceptors (Lipinski definition) is 1. The van der Waals surface area contributed by atoms with Gasteiger partial charge in [-0.15, -0.1) is 6.04 Å². The van der Waals surface area contributed by atoms with Gasteiger partial charge < -0.3 is 10.8 Å². The second-order valence-corrected chi connectivity index (χ2v) is 5.78. The van der Waals surface area contributed by atoms with Crippen LogP contribution in [0.5, 0.6) is 0 Å². The molecular weight excluding hydrogens is 652 g/mol. The Morgan fingerprint density at radius 2 is 1.61 bits per heavy atom. The van der Waals surface area contributed by atoms with E-state index in [1.165, 1.54) is 12.8 Å². The van der Waals surface area contributed by atoms with Crippen molar-refractivity contribution in [3.63, 3.8) is 0 Å².